The van der Waals surface area contributed by atoms with Crippen LogP contribution in [-0.4, -0.2) is 60.2 Å². The average Bonchev–Trinajstić information content (AvgIpc) is 3.23. The zero-order valence-corrected chi connectivity index (χ0v) is 25.1. The van der Waals surface area contributed by atoms with E-state index in [1.807, 2.05) is 0 Å². The van der Waals surface area contributed by atoms with Crippen molar-refractivity contribution in [2.24, 2.45) is 22.6 Å². The summed E-state index contributed by atoms with van der Waals surface area (Å²) in [6, 6.07) is 8.31. The first-order valence-corrected chi connectivity index (χ1v) is 15.4. The van der Waals surface area contributed by atoms with Crippen LogP contribution in [0, 0.1) is 11.8 Å². The minimum Gasteiger partial charge on any atom is -0.387 e. The number of hydrogen-bond donors (Lipinski definition) is 1. The summed E-state index contributed by atoms with van der Waals surface area (Å²) in [5.41, 5.74) is 2.90. The number of aliphatic imine (C=N–C) groups is 1. The number of amidine groups is 1. The van der Waals surface area contributed by atoms with Gasteiger partial charge in [0.05, 0.1) is 28.9 Å². The van der Waals surface area contributed by atoms with Gasteiger partial charge in [-0.25, -0.2) is 4.99 Å². The topological polar surface area (TPSA) is 82.2 Å². The van der Waals surface area contributed by atoms with E-state index >= 15 is 0 Å². The van der Waals surface area contributed by atoms with Crippen molar-refractivity contribution in [3.05, 3.63) is 77.0 Å². The minimum absolute atomic E-state index is 0.0580. The van der Waals surface area contributed by atoms with Crippen LogP contribution in [0.2, 0.25) is 0 Å². The second-order valence-corrected chi connectivity index (χ2v) is 12.7. The summed E-state index contributed by atoms with van der Waals surface area (Å²) in [6.07, 6.45) is -3.37. The lowest BCUT2D eigenvalue weighted by Gasteiger charge is -2.41. The Balaban J connectivity index is 1.13. The summed E-state index contributed by atoms with van der Waals surface area (Å²) >= 11 is 0. The van der Waals surface area contributed by atoms with Crippen molar-refractivity contribution in [2.45, 2.75) is 56.4 Å². The Kier molecular flexibility index (Phi) is 8.41. The molecule has 7 nitrogen and oxygen atoms in total. The van der Waals surface area contributed by atoms with E-state index in [-0.39, 0.29) is 29.4 Å². The van der Waals surface area contributed by atoms with Gasteiger partial charge >= 0.3 is 12.4 Å². The van der Waals surface area contributed by atoms with Crippen LogP contribution in [0.25, 0.3) is 0 Å². The average molecular weight is 648 g/mol. The van der Waals surface area contributed by atoms with Gasteiger partial charge in [-0.1, -0.05) is 24.3 Å². The second kappa shape index (κ2) is 12.1. The Bertz CT molecular complexity index is 1520. The van der Waals surface area contributed by atoms with E-state index in [0.717, 1.165) is 38.9 Å². The molecule has 1 spiro atoms. The van der Waals surface area contributed by atoms with Gasteiger partial charge < -0.3 is 20.4 Å². The first-order valence-electron chi connectivity index (χ1n) is 15.4. The smallest absolute Gasteiger partial charge is 0.387 e. The quantitative estimate of drug-likeness (QED) is 0.421. The first kappa shape index (κ1) is 32.1. The molecule has 0 aliphatic carbocycles. The molecular weight excluding hydrogens is 612 g/mol. The van der Waals surface area contributed by atoms with Gasteiger partial charge in [0.25, 0.3) is 0 Å². The molecule has 4 heterocycles. The number of rotatable bonds is 5. The number of fused-ring (bicyclic) bond motifs is 2. The molecular formula is C33H35F6N5O2. The van der Waals surface area contributed by atoms with Crippen LogP contribution < -0.4 is 10.6 Å². The van der Waals surface area contributed by atoms with Crippen LogP contribution in [0.15, 0.2) is 59.7 Å². The number of piperidine rings is 2. The number of alkyl halides is 6. The van der Waals surface area contributed by atoms with E-state index < -0.39 is 35.4 Å². The molecule has 0 aromatic heterocycles. The molecule has 13 heteroatoms. The van der Waals surface area contributed by atoms with Crippen LogP contribution in [-0.2, 0) is 33.9 Å². The molecule has 2 aromatic carbocycles. The van der Waals surface area contributed by atoms with Crippen LogP contribution in [0.1, 0.15) is 54.4 Å². The number of likely N-dealkylation sites (tertiary alicyclic amines) is 2. The number of para-hydroxylation sites is 1. The fourth-order valence-electron chi connectivity index (χ4n) is 7.37. The number of hydrogen-bond acceptors (Lipinski definition) is 5. The molecule has 0 bridgehead atoms. The molecule has 2 aromatic rings. The number of halogens is 6. The maximum atomic E-state index is 14.1. The van der Waals surface area contributed by atoms with E-state index in [1.165, 1.54) is 4.90 Å². The molecule has 0 saturated carbocycles. The predicted octanol–water partition coefficient (Wildman–Crippen LogP) is 5.73. The van der Waals surface area contributed by atoms with Crippen LogP contribution in [0.4, 0.5) is 32.0 Å². The summed E-state index contributed by atoms with van der Waals surface area (Å²) in [5.74, 6) is 0.490. The van der Waals surface area contributed by atoms with Crippen molar-refractivity contribution in [1.29, 1.82) is 0 Å². The number of benzene rings is 2. The molecule has 1 atom stereocenters. The Labute approximate surface area is 262 Å². The second-order valence-electron chi connectivity index (χ2n) is 12.7. The number of amides is 2. The summed E-state index contributed by atoms with van der Waals surface area (Å²) in [5, 5.41) is 0. The Hall–Kier alpha value is -3.87. The van der Waals surface area contributed by atoms with Crippen molar-refractivity contribution in [2.75, 3.05) is 37.6 Å². The first-order chi connectivity index (χ1) is 21.7. The Morgan fingerprint density at radius 3 is 2.17 bits per heavy atom. The van der Waals surface area contributed by atoms with E-state index in [0.29, 0.717) is 61.1 Å². The van der Waals surface area contributed by atoms with Gasteiger partial charge in [0.2, 0.25) is 11.8 Å². The maximum Gasteiger partial charge on any atom is 0.416 e. The lowest BCUT2D eigenvalue weighted by molar-refractivity contribution is -0.143. The van der Waals surface area contributed by atoms with E-state index in [9.17, 15) is 35.9 Å². The number of anilines is 1. The fraction of sp³-hybridized carbons (Fsp3) is 0.485. The summed E-state index contributed by atoms with van der Waals surface area (Å²) in [7, 11) is 0. The zero-order valence-electron chi connectivity index (χ0n) is 25.1. The van der Waals surface area contributed by atoms with Crippen molar-refractivity contribution >= 4 is 23.3 Å². The van der Waals surface area contributed by atoms with Crippen LogP contribution in [0.3, 0.4) is 0 Å². The summed E-state index contributed by atoms with van der Waals surface area (Å²) < 4.78 is 81.1. The van der Waals surface area contributed by atoms with Gasteiger partial charge in [-0.3, -0.25) is 9.59 Å². The van der Waals surface area contributed by atoms with E-state index in [4.69, 9.17) is 5.73 Å². The Morgan fingerprint density at radius 2 is 1.57 bits per heavy atom. The van der Waals surface area contributed by atoms with Crippen molar-refractivity contribution in [1.82, 2.24) is 9.80 Å². The lowest BCUT2D eigenvalue weighted by Crippen LogP contribution is -2.52. The standard InChI is InChI=1S/C33H35F6N5O2/c34-32(35,36)24-15-22(16-25(18-24)33(37,38)39)20-44-27-4-2-1-3-26(27)31(30(44)46)8-13-43(14-9-31)29(45)23-6-11-42(12-7-23)19-21-5-10-41-28(40)17-21/h1-5,10,15-16,18,21,23H,6-9,11-14,17,19-20H2,(H2,40,41). The lowest BCUT2D eigenvalue weighted by atomic mass is 9.73. The van der Waals surface area contributed by atoms with Gasteiger partial charge in [-0.2, -0.15) is 26.3 Å². The Morgan fingerprint density at radius 1 is 0.935 bits per heavy atom. The number of carbonyl (C=O) groups excluding carboxylic acids is 2. The highest BCUT2D eigenvalue weighted by atomic mass is 19.4. The molecule has 46 heavy (non-hydrogen) atoms. The molecule has 0 radical (unpaired) electrons. The van der Waals surface area contributed by atoms with Gasteiger partial charge in [-0.05, 0) is 80.1 Å². The van der Waals surface area contributed by atoms with Crippen molar-refractivity contribution in [3.8, 4) is 0 Å². The third-order valence-corrected chi connectivity index (χ3v) is 9.78. The summed E-state index contributed by atoms with van der Waals surface area (Å²) in [6.45, 7) is 2.67. The van der Waals surface area contributed by atoms with Crippen LogP contribution >= 0.6 is 0 Å². The largest absolute Gasteiger partial charge is 0.416 e. The molecule has 2 fully saturated rings. The molecule has 246 valence electrons. The minimum atomic E-state index is -4.99. The molecule has 2 saturated heterocycles. The monoisotopic (exact) mass is 647 g/mol. The SMILES string of the molecule is NC1=NC=CC(CN2CCC(C(=O)N3CCC4(CC3)C(=O)N(Cc3cc(C(F)(F)F)cc(C(F)(F)F)c3)c3ccccc34)CC2)C1. The maximum absolute atomic E-state index is 14.1. The molecule has 2 N–H and O–H groups in total. The third kappa shape index (κ3) is 6.25. The van der Waals surface area contributed by atoms with Gasteiger partial charge in [-0.15, -0.1) is 0 Å². The number of nitrogens with zero attached hydrogens (tertiary/aromatic N) is 4. The van der Waals surface area contributed by atoms with E-state index in [1.54, 1.807) is 35.4 Å². The van der Waals surface area contributed by atoms with Crippen molar-refractivity contribution < 1.29 is 35.9 Å². The van der Waals surface area contributed by atoms with Gasteiger partial charge in [0.1, 0.15) is 0 Å². The highest BCUT2D eigenvalue weighted by molar-refractivity contribution is 6.08. The summed E-state index contributed by atoms with van der Waals surface area (Å²) in [4.78, 5) is 37.1. The highest BCUT2D eigenvalue weighted by Crippen LogP contribution is 2.49. The van der Waals surface area contributed by atoms with Crippen LogP contribution in [0.5, 0.6) is 0 Å². The molecule has 1 unspecified atom stereocenters. The molecule has 2 amide bonds. The van der Waals surface area contributed by atoms with Gasteiger partial charge in [0, 0.05) is 43.9 Å². The van der Waals surface area contributed by atoms with E-state index in [2.05, 4.69) is 16.0 Å². The van der Waals surface area contributed by atoms with Crippen molar-refractivity contribution in [3.63, 3.8) is 0 Å². The normalized spacial score (nSPS) is 22.3. The predicted molar refractivity (Wildman–Crippen MR) is 160 cm³/mol. The van der Waals surface area contributed by atoms with Gasteiger partial charge in [0.15, 0.2) is 0 Å². The highest BCUT2D eigenvalue weighted by Gasteiger charge is 2.52. The number of nitrogens with two attached hydrogens (primary N) is 1. The molecule has 4 aliphatic rings. The third-order valence-electron chi connectivity index (χ3n) is 9.78. The molecule has 4 aliphatic heterocycles. The fourth-order valence-corrected chi connectivity index (χ4v) is 7.37. The zero-order chi connectivity index (χ0) is 32.9. The molecule has 6 rings (SSSR count). The number of carbonyl (C=O) groups is 2.